The molecule has 4 aromatic rings. The van der Waals surface area contributed by atoms with Crippen molar-refractivity contribution in [2.75, 3.05) is 13.7 Å². The lowest BCUT2D eigenvalue weighted by Gasteiger charge is -2.05. The van der Waals surface area contributed by atoms with Gasteiger partial charge in [0.25, 0.3) is 0 Å². The van der Waals surface area contributed by atoms with Gasteiger partial charge in [0.1, 0.15) is 5.82 Å². The summed E-state index contributed by atoms with van der Waals surface area (Å²) in [6, 6.07) is 16.3. The van der Waals surface area contributed by atoms with Gasteiger partial charge in [0.2, 0.25) is 0 Å². The molecular formula is C28H22F3NO. The van der Waals surface area contributed by atoms with Crippen molar-refractivity contribution in [2.24, 2.45) is 0 Å². The minimum Gasteiger partial charge on any atom is -0.384 e. The molecule has 2 nitrogen and oxygen atoms in total. The Morgan fingerprint density at radius 2 is 1.52 bits per heavy atom. The van der Waals surface area contributed by atoms with Crippen molar-refractivity contribution >= 4 is 10.8 Å². The van der Waals surface area contributed by atoms with Crippen LogP contribution in [0.3, 0.4) is 0 Å². The molecule has 5 heteroatoms. The van der Waals surface area contributed by atoms with Gasteiger partial charge in [-0.25, -0.2) is 13.2 Å². The van der Waals surface area contributed by atoms with E-state index in [0.717, 1.165) is 35.4 Å². The van der Waals surface area contributed by atoms with Gasteiger partial charge in [-0.2, -0.15) is 0 Å². The molecule has 1 aromatic heterocycles. The van der Waals surface area contributed by atoms with Gasteiger partial charge in [0, 0.05) is 24.6 Å². The van der Waals surface area contributed by atoms with Crippen molar-refractivity contribution in [3.8, 4) is 11.8 Å². The van der Waals surface area contributed by atoms with Gasteiger partial charge in [-0.15, -0.1) is 0 Å². The highest BCUT2D eigenvalue weighted by atomic mass is 19.2. The summed E-state index contributed by atoms with van der Waals surface area (Å²) >= 11 is 0. The number of hydrogen-bond donors (Lipinski definition) is 0. The predicted molar refractivity (Wildman–Crippen MR) is 123 cm³/mol. The number of hydrogen-bond acceptors (Lipinski definition) is 2. The van der Waals surface area contributed by atoms with Crippen molar-refractivity contribution in [2.45, 2.75) is 19.3 Å². The number of aromatic nitrogens is 1. The summed E-state index contributed by atoms with van der Waals surface area (Å²) in [7, 11) is 1.67. The van der Waals surface area contributed by atoms with Crippen LogP contribution in [-0.4, -0.2) is 18.7 Å². The summed E-state index contributed by atoms with van der Waals surface area (Å²) in [5.74, 6) is 3.54. The van der Waals surface area contributed by atoms with Crippen molar-refractivity contribution in [1.82, 2.24) is 4.98 Å². The van der Waals surface area contributed by atoms with Crippen LogP contribution in [0.5, 0.6) is 0 Å². The predicted octanol–water partition coefficient (Wildman–Crippen LogP) is 6.03. The monoisotopic (exact) mass is 445 g/mol. The van der Waals surface area contributed by atoms with Crippen LogP contribution < -0.4 is 0 Å². The third kappa shape index (κ3) is 5.79. The van der Waals surface area contributed by atoms with Crippen LogP contribution in [0.15, 0.2) is 66.9 Å². The van der Waals surface area contributed by atoms with E-state index in [1.165, 1.54) is 6.07 Å². The molecule has 0 radical (unpaired) electrons. The van der Waals surface area contributed by atoms with Gasteiger partial charge < -0.3 is 4.74 Å². The molecule has 3 aromatic carbocycles. The fourth-order valence-corrected chi connectivity index (χ4v) is 3.52. The molecule has 1 heterocycles. The number of methoxy groups -OCH3 is 1. The molecule has 0 amide bonds. The molecule has 0 N–H and O–H groups in total. The number of benzene rings is 3. The minimum atomic E-state index is -0.911. The summed E-state index contributed by atoms with van der Waals surface area (Å²) in [5.41, 5.74) is 3.82. The highest BCUT2D eigenvalue weighted by molar-refractivity contribution is 5.84. The fraction of sp³-hybridized carbons (Fsp3) is 0.179. The molecule has 0 saturated heterocycles. The van der Waals surface area contributed by atoms with E-state index in [9.17, 15) is 13.2 Å². The molecule has 4 rings (SSSR count). The van der Waals surface area contributed by atoms with Crippen LogP contribution in [0.25, 0.3) is 10.8 Å². The SMILES string of the molecule is COCCc1ccc(CCc2ccc(C#Cc3ccc4cc(F)c(F)cc4c3)c(F)c2)nc1. The van der Waals surface area contributed by atoms with Crippen LogP contribution >= 0.6 is 0 Å². The van der Waals surface area contributed by atoms with E-state index in [4.69, 9.17) is 4.74 Å². The average molecular weight is 445 g/mol. The smallest absolute Gasteiger partial charge is 0.159 e. The van der Waals surface area contributed by atoms with Crippen molar-refractivity contribution in [3.05, 3.63) is 112 Å². The minimum absolute atomic E-state index is 0.282. The van der Waals surface area contributed by atoms with Crippen LogP contribution in [0.4, 0.5) is 13.2 Å². The highest BCUT2D eigenvalue weighted by Gasteiger charge is 2.05. The van der Waals surface area contributed by atoms with E-state index in [-0.39, 0.29) is 5.56 Å². The van der Waals surface area contributed by atoms with E-state index in [1.807, 2.05) is 24.4 Å². The largest absolute Gasteiger partial charge is 0.384 e. The summed E-state index contributed by atoms with van der Waals surface area (Å²) < 4.78 is 46.5. The number of halogens is 3. The fourth-order valence-electron chi connectivity index (χ4n) is 3.52. The number of pyridine rings is 1. The van der Waals surface area contributed by atoms with Gasteiger partial charge in [0.15, 0.2) is 11.6 Å². The summed E-state index contributed by atoms with van der Waals surface area (Å²) in [5, 5.41) is 1.12. The van der Waals surface area contributed by atoms with Crippen molar-refractivity contribution in [3.63, 3.8) is 0 Å². The van der Waals surface area contributed by atoms with Crippen LogP contribution in [0.2, 0.25) is 0 Å². The van der Waals surface area contributed by atoms with Crippen molar-refractivity contribution < 1.29 is 17.9 Å². The van der Waals surface area contributed by atoms with Gasteiger partial charge in [-0.3, -0.25) is 4.98 Å². The van der Waals surface area contributed by atoms with Crippen LogP contribution in [0, 0.1) is 29.3 Å². The summed E-state index contributed by atoms with van der Waals surface area (Å²) in [6.07, 6.45) is 4.06. The standard InChI is InChI=1S/C28H22F3NO/c1-33-13-12-21-6-11-25(32-18-21)10-5-20-3-8-22(26(29)15-20)7-2-19-4-9-23-16-27(30)28(31)17-24(23)14-19/h3-4,6,8-9,11,14-18H,5,10,12-13H2,1H3. The zero-order chi connectivity index (χ0) is 23.2. The third-order valence-electron chi connectivity index (χ3n) is 5.41. The number of fused-ring (bicyclic) bond motifs is 1. The van der Waals surface area contributed by atoms with Gasteiger partial charge in [0.05, 0.1) is 12.2 Å². The summed E-state index contributed by atoms with van der Waals surface area (Å²) in [6.45, 7) is 0.662. The van der Waals surface area contributed by atoms with E-state index >= 15 is 0 Å². The quantitative estimate of drug-likeness (QED) is 0.338. The summed E-state index contributed by atoms with van der Waals surface area (Å²) in [4.78, 5) is 4.47. The van der Waals surface area contributed by atoms with Crippen LogP contribution in [0.1, 0.15) is 27.9 Å². The molecule has 0 fully saturated rings. The normalized spacial score (nSPS) is 10.8. The van der Waals surface area contributed by atoms with Crippen LogP contribution in [-0.2, 0) is 24.0 Å². The molecule has 0 spiro atoms. The van der Waals surface area contributed by atoms with E-state index in [1.54, 1.807) is 31.4 Å². The lowest BCUT2D eigenvalue weighted by atomic mass is 10.0. The first-order valence-corrected chi connectivity index (χ1v) is 10.6. The average Bonchev–Trinajstić information content (AvgIpc) is 2.82. The lowest BCUT2D eigenvalue weighted by Crippen LogP contribution is -1.99. The lowest BCUT2D eigenvalue weighted by molar-refractivity contribution is 0.202. The first kappa shape index (κ1) is 22.6. The molecule has 0 aliphatic rings. The molecule has 166 valence electrons. The zero-order valence-electron chi connectivity index (χ0n) is 18.2. The molecule has 0 aliphatic carbocycles. The molecule has 0 unspecified atom stereocenters. The Labute approximate surface area is 191 Å². The first-order valence-electron chi connectivity index (χ1n) is 10.6. The van der Waals surface area contributed by atoms with E-state index in [0.29, 0.717) is 35.8 Å². The molecule has 33 heavy (non-hydrogen) atoms. The van der Waals surface area contributed by atoms with Gasteiger partial charge in [-0.1, -0.05) is 30.0 Å². The Bertz CT molecular complexity index is 1340. The first-order chi connectivity index (χ1) is 16.0. The Morgan fingerprint density at radius 3 is 2.24 bits per heavy atom. The number of nitrogens with zero attached hydrogens (tertiary/aromatic N) is 1. The van der Waals surface area contributed by atoms with Crippen molar-refractivity contribution in [1.29, 1.82) is 0 Å². The maximum absolute atomic E-state index is 14.6. The maximum Gasteiger partial charge on any atom is 0.159 e. The molecule has 0 bridgehead atoms. The number of rotatable bonds is 6. The van der Waals surface area contributed by atoms with E-state index in [2.05, 4.69) is 16.8 Å². The molecular weight excluding hydrogens is 423 g/mol. The second-order valence-electron chi connectivity index (χ2n) is 7.79. The second-order valence-corrected chi connectivity index (χ2v) is 7.79. The molecule has 0 aliphatic heterocycles. The maximum atomic E-state index is 14.6. The zero-order valence-corrected chi connectivity index (χ0v) is 18.2. The van der Waals surface area contributed by atoms with Gasteiger partial charge >= 0.3 is 0 Å². The van der Waals surface area contributed by atoms with Gasteiger partial charge in [-0.05, 0) is 83.6 Å². The molecule has 0 atom stereocenters. The Morgan fingerprint density at radius 1 is 0.727 bits per heavy atom. The highest BCUT2D eigenvalue weighted by Crippen LogP contribution is 2.20. The van der Waals surface area contributed by atoms with E-state index < -0.39 is 17.5 Å². The Balaban J connectivity index is 1.42. The second kappa shape index (κ2) is 10.3. The topological polar surface area (TPSA) is 22.1 Å². The molecule has 0 saturated carbocycles. The number of aryl methyl sites for hydroxylation is 2. The Hall–Kier alpha value is -3.62. The third-order valence-corrected chi connectivity index (χ3v) is 5.41. The Kier molecular flexibility index (Phi) is 7.07. The number of ether oxygens (including phenoxy) is 1.